The number of rotatable bonds is 17. The van der Waals surface area contributed by atoms with Crippen molar-refractivity contribution in [1.29, 1.82) is 0 Å². The van der Waals surface area contributed by atoms with Gasteiger partial charge in [0.05, 0.1) is 23.5 Å². The maximum Gasteiger partial charge on any atom is 0.303 e. The predicted molar refractivity (Wildman–Crippen MR) is 241 cm³/mol. The van der Waals surface area contributed by atoms with Gasteiger partial charge in [0.2, 0.25) is 17.7 Å². The molecular formula is C49H79N5O7S. The summed E-state index contributed by atoms with van der Waals surface area (Å²) in [6, 6.07) is -1.60. The SMILES string of the molecule is C=C[C@]1(C)C[C@]1(CC(=O)[C@@H]1C[C@@]2(CN1C(=O)[C@@H](CC(=O)[C@@H](NC(=O)[C@@H]1CCCCN1C(C)C)C1CCCCC1)C(C)(C)C)C(C)(C)C21CCC1)C(=O)NS(=O)(=O)N(C)CC1CC1. The Hall–Kier alpha value is -2.64. The number of hydrogen-bond acceptors (Lipinski definition) is 8. The lowest BCUT2D eigenvalue weighted by Gasteiger charge is -2.40. The number of carbonyl (C=O) groups is 5. The molecule has 0 bridgehead atoms. The minimum atomic E-state index is -4.14. The second-order valence-corrected chi connectivity index (χ2v) is 25.1. The molecule has 7 atom stereocenters. The minimum Gasteiger partial charge on any atom is -0.345 e. The summed E-state index contributed by atoms with van der Waals surface area (Å²) in [6.07, 6.45) is 14.8. The maximum atomic E-state index is 15.5. The first-order chi connectivity index (χ1) is 28.9. The summed E-state index contributed by atoms with van der Waals surface area (Å²) < 4.78 is 30.3. The Morgan fingerprint density at radius 3 is 2.06 bits per heavy atom. The Balaban J connectivity index is 1.16. The summed E-state index contributed by atoms with van der Waals surface area (Å²) in [5.41, 5.74) is -3.16. The zero-order valence-corrected chi connectivity index (χ0v) is 40.4. The van der Waals surface area contributed by atoms with E-state index >= 15 is 9.59 Å². The number of piperidine rings is 1. The van der Waals surface area contributed by atoms with E-state index in [1.54, 1.807) is 11.0 Å². The summed E-state index contributed by atoms with van der Waals surface area (Å²) >= 11 is 0. The Morgan fingerprint density at radius 1 is 0.887 bits per heavy atom. The van der Waals surface area contributed by atoms with Crippen molar-refractivity contribution >= 4 is 39.5 Å². The summed E-state index contributed by atoms with van der Waals surface area (Å²) in [6.45, 7) is 22.1. The van der Waals surface area contributed by atoms with Crippen LogP contribution >= 0.6 is 0 Å². The lowest BCUT2D eigenvalue weighted by molar-refractivity contribution is -0.147. The van der Waals surface area contributed by atoms with E-state index < -0.39 is 50.4 Å². The largest absolute Gasteiger partial charge is 0.345 e. The molecule has 0 aromatic heterocycles. The van der Waals surface area contributed by atoms with E-state index in [1.807, 2.05) is 27.7 Å². The lowest BCUT2D eigenvalue weighted by Crippen LogP contribution is -2.57. The van der Waals surface area contributed by atoms with Gasteiger partial charge in [0, 0.05) is 55.8 Å². The van der Waals surface area contributed by atoms with Crippen molar-refractivity contribution < 1.29 is 32.4 Å². The smallest absolute Gasteiger partial charge is 0.303 e. The summed E-state index contributed by atoms with van der Waals surface area (Å²) in [7, 11) is -2.67. The number of nitrogens with zero attached hydrogens (tertiary/aromatic N) is 3. The average molecular weight is 882 g/mol. The van der Waals surface area contributed by atoms with E-state index in [4.69, 9.17) is 0 Å². The summed E-state index contributed by atoms with van der Waals surface area (Å²) in [5.74, 6) is -1.86. The van der Waals surface area contributed by atoms with Gasteiger partial charge in [0.1, 0.15) is 0 Å². The molecule has 0 aromatic carbocycles. The molecule has 12 nitrogen and oxygen atoms in total. The normalized spacial score (nSPS) is 32.9. The highest BCUT2D eigenvalue weighted by atomic mass is 32.2. The molecule has 13 heteroatoms. The van der Waals surface area contributed by atoms with Gasteiger partial charge in [-0.15, -0.1) is 6.58 Å². The third-order valence-corrected chi connectivity index (χ3v) is 19.7. The van der Waals surface area contributed by atoms with Gasteiger partial charge in [-0.25, -0.2) is 4.72 Å². The molecule has 0 unspecified atom stereocenters. The van der Waals surface area contributed by atoms with E-state index in [2.05, 4.69) is 49.2 Å². The van der Waals surface area contributed by atoms with Crippen LogP contribution < -0.4 is 10.0 Å². The van der Waals surface area contributed by atoms with Crippen LogP contribution in [-0.4, -0.2) is 103 Å². The molecule has 2 aliphatic heterocycles. The molecule has 7 rings (SSSR count). The molecule has 62 heavy (non-hydrogen) atoms. The van der Waals surface area contributed by atoms with Crippen molar-refractivity contribution in [2.45, 2.75) is 189 Å². The van der Waals surface area contributed by atoms with Gasteiger partial charge in [0.25, 0.3) is 0 Å². The number of amides is 3. The number of carbonyl (C=O) groups excluding carboxylic acids is 5. The second-order valence-electron chi connectivity index (χ2n) is 23.3. The van der Waals surface area contributed by atoms with Crippen LogP contribution in [0.5, 0.6) is 0 Å². The van der Waals surface area contributed by atoms with E-state index in [9.17, 15) is 22.8 Å². The molecule has 2 spiro atoms. The van der Waals surface area contributed by atoms with Crippen molar-refractivity contribution in [1.82, 2.24) is 24.1 Å². The number of Topliss-reactive ketones (excluding diaryl/α,β-unsaturated/α-hetero) is 2. The van der Waals surface area contributed by atoms with Crippen LogP contribution in [0, 0.1) is 50.2 Å². The first-order valence-corrected chi connectivity index (χ1v) is 25.7. The molecule has 3 amide bonds. The average Bonchev–Trinajstić information content (AvgIpc) is 4.13. The van der Waals surface area contributed by atoms with Gasteiger partial charge >= 0.3 is 10.2 Å². The molecule has 7 fully saturated rings. The van der Waals surface area contributed by atoms with Gasteiger partial charge in [-0.1, -0.05) is 79.7 Å². The third-order valence-electron chi connectivity index (χ3n) is 18.3. The van der Waals surface area contributed by atoms with E-state index in [-0.39, 0.29) is 82.8 Å². The molecule has 2 heterocycles. The topological polar surface area (TPSA) is 153 Å². The van der Waals surface area contributed by atoms with Crippen LogP contribution in [-0.2, 0) is 34.2 Å². The molecule has 0 aromatic rings. The highest BCUT2D eigenvalue weighted by molar-refractivity contribution is 7.87. The molecule has 2 saturated heterocycles. The van der Waals surface area contributed by atoms with Gasteiger partial charge < -0.3 is 10.2 Å². The number of allylic oxidation sites excluding steroid dienone is 1. The van der Waals surface area contributed by atoms with Gasteiger partial charge in [0.15, 0.2) is 11.6 Å². The number of ketones is 2. The first kappa shape index (κ1) is 47.3. The molecule has 7 aliphatic rings. The second kappa shape index (κ2) is 16.7. The monoisotopic (exact) mass is 882 g/mol. The first-order valence-electron chi connectivity index (χ1n) is 24.2. The van der Waals surface area contributed by atoms with E-state index in [0.717, 1.165) is 90.0 Å². The quantitative estimate of drug-likeness (QED) is 0.149. The van der Waals surface area contributed by atoms with Gasteiger partial charge in [-0.05, 0) is 113 Å². The highest BCUT2D eigenvalue weighted by Crippen LogP contribution is 2.88. The summed E-state index contributed by atoms with van der Waals surface area (Å²) in [4.78, 5) is 77.8. The van der Waals surface area contributed by atoms with Crippen molar-refractivity contribution in [2.75, 3.05) is 26.7 Å². The Bertz CT molecular complexity index is 1910. The zero-order valence-electron chi connectivity index (χ0n) is 39.6. The van der Waals surface area contributed by atoms with Crippen LogP contribution in [0.2, 0.25) is 0 Å². The van der Waals surface area contributed by atoms with Crippen LogP contribution in [0.3, 0.4) is 0 Å². The molecule has 2 N–H and O–H groups in total. The molecule has 0 radical (unpaired) electrons. The fraction of sp³-hybridized carbons (Fsp3) is 0.857. The molecular weight excluding hydrogens is 803 g/mol. The van der Waals surface area contributed by atoms with Crippen LogP contribution in [0.1, 0.15) is 165 Å². The number of fused-ring (bicyclic) bond motifs is 1. The number of nitrogens with one attached hydrogen (secondary N) is 2. The Morgan fingerprint density at radius 2 is 1.53 bits per heavy atom. The predicted octanol–water partition coefficient (Wildman–Crippen LogP) is 6.98. The van der Waals surface area contributed by atoms with Crippen molar-refractivity contribution in [3.63, 3.8) is 0 Å². The zero-order chi connectivity index (χ0) is 45.4. The van der Waals surface area contributed by atoms with E-state index in [0.29, 0.717) is 19.5 Å². The van der Waals surface area contributed by atoms with Crippen LogP contribution in [0.4, 0.5) is 0 Å². The molecule has 348 valence electrons. The van der Waals surface area contributed by atoms with Crippen molar-refractivity contribution in [3.05, 3.63) is 12.7 Å². The Labute approximate surface area is 373 Å². The van der Waals surface area contributed by atoms with Crippen molar-refractivity contribution in [2.24, 2.45) is 50.2 Å². The van der Waals surface area contributed by atoms with Gasteiger partial charge in [-0.3, -0.25) is 28.9 Å². The fourth-order valence-corrected chi connectivity index (χ4v) is 14.4. The van der Waals surface area contributed by atoms with Crippen LogP contribution in [0.15, 0.2) is 12.7 Å². The van der Waals surface area contributed by atoms with Crippen LogP contribution in [0.25, 0.3) is 0 Å². The Kier molecular flexibility index (Phi) is 12.7. The molecule has 5 aliphatic carbocycles. The third kappa shape index (κ3) is 8.06. The van der Waals surface area contributed by atoms with E-state index in [1.165, 1.54) is 11.4 Å². The maximum absolute atomic E-state index is 15.5. The summed E-state index contributed by atoms with van der Waals surface area (Å²) in [5, 5.41) is 3.28. The van der Waals surface area contributed by atoms with Gasteiger partial charge in [-0.2, -0.15) is 12.7 Å². The lowest BCUT2D eigenvalue weighted by atomic mass is 9.73. The highest BCUT2D eigenvalue weighted by Gasteiger charge is 2.85. The van der Waals surface area contributed by atoms with Crippen molar-refractivity contribution in [3.8, 4) is 0 Å². The number of likely N-dealkylation sites (tertiary alicyclic amines) is 2. The fourth-order valence-electron chi connectivity index (χ4n) is 13.4. The standard InChI is InChI=1S/C49H79N5O7S/c1-11-46(9)30-47(46,43(59)51-62(60,61)52(10)29-33-21-22-33)28-39(56)37-27-49(45(7,8)48(49)23-17-24-48)31-54(37)42(58)35(44(4,5)6)26-38(55)40(34-18-13-12-14-19-34)50-41(57)36-20-15-16-25-53(36)32(2)3/h11,32-37,40H,1,12-31H2,2-10H3,(H,50,57)(H,51,59)/t35-,36+,37+,40+,46-,47-,49-/m1/s1. The number of hydrogen-bond donors (Lipinski definition) is 2. The minimum absolute atomic E-state index is 0.000474. The molecule has 5 saturated carbocycles.